The lowest BCUT2D eigenvalue weighted by atomic mass is 9.95. The van der Waals surface area contributed by atoms with Gasteiger partial charge in [-0.3, -0.25) is 14.2 Å². The number of carbonyl (C=O) groups is 1. The summed E-state index contributed by atoms with van der Waals surface area (Å²) in [6.07, 6.45) is 1.57. The van der Waals surface area contributed by atoms with Crippen molar-refractivity contribution in [3.05, 3.63) is 123 Å². The Balaban J connectivity index is 1.70. The predicted octanol–water partition coefficient (Wildman–Crippen LogP) is 5.65. The van der Waals surface area contributed by atoms with Crippen LogP contribution in [0, 0.1) is 0 Å². The third kappa shape index (κ3) is 5.02. The van der Waals surface area contributed by atoms with E-state index < -0.39 is 6.04 Å². The van der Waals surface area contributed by atoms with E-state index in [4.69, 9.17) is 23.2 Å². The van der Waals surface area contributed by atoms with Gasteiger partial charge in [-0.25, -0.2) is 4.99 Å². The van der Waals surface area contributed by atoms with Crippen molar-refractivity contribution >= 4 is 68.1 Å². The lowest BCUT2D eigenvalue weighted by Crippen LogP contribution is -2.40. The Morgan fingerprint density at radius 1 is 1.11 bits per heavy atom. The summed E-state index contributed by atoms with van der Waals surface area (Å²) in [7, 11) is 0. The van der Waals surface area contributed by atoms with Gasteiger partial charge in [-0.15, -0.1) is 0 Å². The maximum Gasteiger partial charge on any atom is 0.271 e. The molecule has 1 aliphatic heterocycles. The van der Waals surface area contributed by atoms with Crippen LogP contribution in [0.2, 0.25) is 10.0 Å². The van der Waals surface area contributed by atoms with Gasteiger partial charge < -0.3 is 10.4 Å². The highest BCUT2D eigenvalue weighted by Crippen LogP contribution is 2.33. The summed E-state index contributed by atoms with van der Waals surface area (Å²) in [5.74, 6) is -0.401. The first-order chi connectivity index (χ1) is 17.7. The molecule has 37 heavy (non-hydrogen) atoms. The highest BCUT2D eigenvalue weighted by Gasteiger charge is 2.32. The van der Waals surface area contributed by atoms with Crippen molar-refractivity contribution in [2.24, 2.45) is 4.99 Å². The maximum atomic E-state index is 13.8. The summed E-state index contributed by atoms with van der Waals surface area (Å²) in [5, 5.41) is 14.3. The van der Waals surface area contributed by atoms with Crippen molar-refractivity contribution in [1.82, 2.24) is 4.57 Å². The third-order valence-electron chi connectivity index (χ3n) is 5.83. The van der Waals surface area contributed by atoms with Crippen LogP contribution >= 0.6 is 50.5 Å². The van der Waals surface area contributed by atoms with Crippen molar-refractivity contribution in [2.45, 2.75) is 13.0 Å². The van der Waals surface area contributed by atoms with Gasteiger partial charge in [-0.05, 0) is 70.9 Å². The Hall–Kier alpha value is -3.17. The van der Waals surface area contributed by atoms with Crippen LogP contribution in [0.5, 0.6) is 5.75 Å². The number of amides is 1. The van der Waals surface area contributed by atoms with Gasteiger partial charge in [0.05, 0.1) is 26.3 Å². The van der Waals surface area contributed by atoms with Crippen molar-refractivity contribution in [3.63, 3.8) is 0 Å². The quantitative estimate of drug-likeness (QED) is 0.312. The first-order valence-corrected chi connectivity index (χ1v) is 13.4. The highest BCUT2D eigenvalue weighted by molar-refractivity contribution is 9.10. The molecule has 4 aromatic rings. The second-order valence-corrected chi connectivity index (χ2v) is 11.0. The molecule has 5 rings (SSSR count). The van der Waals surface area contributed by atoms with E-state index in [1.54, 1.807) is 61.5 Å². The number of halogens is 3. The number of nitrogens with zero attached hydrogens (tertiary/aromatic N) is 2. The molecule has 1 atom stereocenters. The van der Waals surface area contributed by atoms with E-state index in [2.05, 4.69) is 26.2 Å². The average Bonchev–Trinajstić information content (AvgIpc) is 3.16. The molecule has 10 heteroatoms. The summed E-state index contributed by atoms with van der Waals surface area (Å²) in [6, 6.07) is 18.5. The Morgan fingerprint density at radius 2 is 1.81 bits per heavy atom. The van der Waals surface area contributed by atoms with Crippen LogP contribution in [0.15, 0.2) is 92.3 Å². The largest absolute Gasteiger partial charge is 0.506 e. The average molecular weight is 615 g/mol. The number of anilines is 1. The van der Waals surface area contributed by atoms with Gasteiger partial charge in [-0.2, -0.15) is 0 Å². The first-order valence-electron chi connectivity index (χ1n) is 11.1. The zero-order valence-corrected chi connectivity index (χ0v) is 23.1. The number of nitrogens with one attached hydrogen (secondary N) is 1. The van der Waals surface area contributed by atoms with Gasteiger partial charge >= 0.3 is 0 Å². The van der Waals surface area contributed by atoms with E-state index in [9.17, 15) is 14.7 Å². The topological polar surface area (TPSA) is 83.7 Å². The summed E-state index contributed by atoms with van der Waals surface area (Å²) in [5.41, 5.74) is 2.20. The molecule has 186 valence electrons. The molecular weight excluding hydrogens is 597 g/mol. The molecule has 0 fully saturated rings. The lowest BCUT2D eigenvalue weighted by Gasteiger charge is -2.25. The summed E-state index contributed by atoms with van der Waals surface area (Å²) in [4.78, 5) is 32.4. The molecule has 0 spiro atoms. The SMILES string of the molecule is CC1=C(C(=O)Nc2ccccc2)[C@@H](c2ccc(Cl)cc2)n2c(s/c(=C\c3cc(Cl)cc(Br)c3O)c2=O)=N1. The number of benzene rings is 3. The Labute approximate surface area is 234 Å². The van der Waals surface area contributed by atoms with E-state index >= 15 is 0 Å². The van der Waals surface area contributed by atoms with Crippen molar-refractivity contribution in [1.29, 1.82) is 0 Å². The molecule has 6 nitrogen and oxygen atoms in total. The van der Waals surface area contributed by atoms with E-state index in [-0.39, 0.29) is 17.2 Å². The number of phenols is 1. The van der Waals surface area contributed by atoms with E-state index in [1.165, 1.54) is 15.9 Å². The molecule has 0 bridgehead atoms. The molecule has 1 aliphatic rings. The molecule has 2 N–H and O–H groups in total. The molecule has 0 unspecified atom stereocenters. The molecule has 0 aliphatic carbocycles. The molecular formula is C27H18BrCl2N3O3S. The number of aromatic hydroxyl groups is 1. The molecule has 1 amide bonds. The number of carbonyl (C=O) groups excluding carboxylic acids is 1. The van der Waals surface area contributed by atoms with E-state index in [1.807, 2.05) is 18.2 Å². The number of allylic oxidation sites excluding steroid dienone is 1. The number of para-hydroxylation sites is 1. The van der Waals surface area contributed by atoms with Crippen LogP contribution in [-0.4, -0.2) is 15.6 Å². The monoisotopic (exact) mass is 613 g/mol. The molecule has 0 saturated heterocycles. The number of aromatic nitrogens is 1. The van der Waals surface area contributed by atoms with Crippen molar-refractivity contribution < 1.29 is 9.90 Å². The van der Waals surface area contributed by atoms with Crippen molar-refractivity contribution in [2.75, 3.05) is 5.32 Å². The summed E-state index contributed by atoms with van der Waals surface area (Å²) >= 11 is 16.7. The number of hydrogen-bond donors (Lipinski definition) is 2. The minimum Gasteiger partial charge on any atom is -0.506 e. The standard InChI is InChI=1S/C27H18BrCl2N3O3S/c1-14-22(25(35)32-19-5-3-2-4-6-19)23(15-7-9-17(29)10-8-15)33-26(36)21(37-27(33)31-14)12-16-11-18(30)13-20(28)24(16)34/h2-13,23,34H,1H3,(H,32,35)/b21-12-/t23-/m1/s1. The van der Waals surface area contributed by atoms with Gasteiger partial charge in [0, 0.05) is 21.3 Å². The van der Waals surface area contributed by atoms with Crippen LogP contribution in [0.1, 0.15) is 24.1 Å². The molecule has 2 heterocycles. The van der Waals surface area contributed by atoms with E-state index in [0.29, 0.717) is 51.9 Å². The van der Waals surface area contributed by atoms with Crippen molar-refractivity contribution in [3.8, 4) is 5.75 Å². The number of fused-ring (bicyclic) bond motifs is 1. The van der Waals surface area contributed by atoms with Crippen LogP contribution in [0.3, 0.4) is 0 Å². The lowest BCUT2D eigenvalue weighted by molar-refractivity contribution is -0.113. The minimum absolute atomic E-state index is 0.0383. The zero-order valence-electron chi connectivity index (χ0n) is 19.2. The Bertz CT molecular complexity index is 1750. The molecule has 3 aromatic carbocycles. The third-order valence-corrected chi connectivity index (χ3v) is 7.89. The predicted molar refractivity (Wildman–Crippen MR) is 151 cm³/mol. The van der Waals surface area contributed by atoms with Gasteiger partial charge in [0.2, 0.25) is 0 Å². The second-order valence-electron chi connectivity index (χ2n) is 8.28. The molecule has 0 saturated carbocycles. The number of thiazole rings is 1. The fourth-order valence-electron chi connectivity index (χ4n) is 4.13. The normalized spacial score (nSPS) is 15.4. The summed E-state index contributed by atoms with van der Waals surface area (Å²) in [6.45, 7) is 1.75. The minimum atomic E-state index is -0.737. The van der Waals surface area contributed by atoms with Gasteiger partial charge in [0.1, 0.15) is 5.75 Å². The fraction of sp³-hybridized carbons (Fsp3) is 0.0741. The maximum absolute atomic E-state index is 13.8. The number of phenolic OH excluding ortho intramolecular Hbond substituents is 1. The van der Waals surface area contributed by atoms with Crippen LogP contribution < -0.4 is 20.2 Å². The van der Waals surface area contributed by atoms with Crippen LogP contribution in [-0.2, 0) is 4.79 Å². The first kappa shape index (κ1) is 25.5. The van der Waals surface area contributed by atoms with Gasteiger partial charge in [-0.1, -0.05) is 64.9 Å². The van der Waals surface area contributed by atoms with Crippen LogP contribution in [0.25, 0.3) is 6.08 Å². The molecule has 1 aromatic heterocycles. The second kappa shape index (κ2) is 10.3. The number of rotatable bonds is 4. The molecule has 0 radical (unpaired) electrons. The zero-order chi connectivity index (χ0) is 26.3. The summed E-state index contributed by atoms with van der Waals surface area (Å²) < 4.78 is 2.25. The Morgan fingerprint density at radius 3 is 2.51 bits per heavy atom. The van der Waals surface area contributed by atoms with Gasteiger partial charge in [0.15, 0.2) is 4.80 Å². The highest BCUT2D eigenvalue weighted by atomic mass is 79.9. The fourth-order valence-corrected chi connectivity index (χ4v) is 6.13. The number of hydrogen-bond acceptors (Lipinski definition) is 5. The smallest absolute Gasteiger partial charge is 0.271 e. The van der Waals surface area contributed by atoms with Gasteiger partial charge in [0.25, 0.3) is 11.5 Å². The van der Waals surface area contributed by atoms with E-state index in [0.717, 1.165) is 0 Å². The Kier molecular flexibility index (Phi) is 7.09. The van der Waals surface area contributed by atoms with Crippen LogP contribution in [0.4, 0.5) is 5.69 Å².